The molecule has 0 N–H and O–H groups in total. The number of benzene rings is 1. The van der Waals surface area contributed by atoms with Crippen LogP contribution in [0.5, 0.6) is 5.75 Å². The van der Waals surface area contributed by atoms with Crippen molar-refractivity contribution in [2.75, 3.05) is 20.0 Å². The minimum absolute atomic E-state index is 0.289. The maximum atomic E-state index is 13.0. The van der Waals surface area contributed by atoms with Gasteiger partial charge >= 0.3 is 0 Å². The van der Waals surface area contributed by atoms with Crippen molar-refractivity contribution in [3.8, 4) is 5.75 Å². The molecule has 0 radical (unpaired) electrons. The van der Waals surface area contributed by atoms with Crippen LogP contribution in [-0.2, 0) is 10.2 Å². The van der Waals surface area contributed by atoms with E-state index in [2.05, 4.69) is 0 Å². The second kappa shape index (κ2) is 6.04. The molecule has 1 aromatic carbocycles. The molecule has 2 aliphatic rings. The molecule has 4 heteroatoms. The third-order valence-electron chi connectivity index (χ3n) is 4.89. The number of alkyl halides is 1. The summed E-state index contributed by atoms with van der Waals surface area (Å²) in [4.78, 5) is 15.0. The summed E-state index contributed by atoms with van der Waals surface area (Å²) in [6, 6.07) is 7.41. The van der Waals surface area contributed by atoms with E-state index >= 15 is 0 Å². The van der Waals surface area contributed by atoms with E-state index in [1.165, 1.54) is 0 Å². The van der Waals surface area contributed by atoms with Crippen molar-refractivity contribution >= 4 is 5.91 Å². The van der Waals surface area contributed by atoms with Crippen LogP contribution in [0.3, 0.4) is 0 Å². The number of nitrogens with zero attached hydrogens (tertiary/aromatic N) is 1. The van der Waals surface area contributed by atoms with Crippen molar-refractivity contribution in [2.24, 2.45) is 0 Å². The minimum Gasteiger partial charge on any atom is -0.463 e. The molecule has 2 fully saturated rings. The molecule has 1 aromatic rings. The third kappa shape index (κ3) is 2.63. The first-order valence-corrected chi connectivity index (χ1v) is 7.85. The van der Waals surface area contributed by atoms with Crippen LogP contribution in [0.2, 0.25) is 0 Å². The molecule has 3 nitrogen and oxygen atoms in total. The monoisotopic (exact) mass is 291 g/mol. The van der Waals surface area contributed by atoms with Crippen LogP contribution in [-0.4, -0.2) is 30.8 Å². The van der Waals surface area contributed by atoms with Gasteiger partial charge in [0.05, 0.1) is 5.41 Å². The Hall–Kier alpha value is -1.58. The Morgan fingerprint density at radius 1 is 1.10 bits per heavy atom. The molecule has 0 unspecified atom stereocenters. The van der Waals surface area contributed by atoms with E-state index in [1.807, 2.05) is 17.0 Å². The van der Waals surface area contributed by atoms with E-state index in [1.54, 1.807) is 12.1 Å². The van der Waals surface area contributed by atoms with E-state index in [0.717, 1.165) is 57.2 Å². The highest BCUT2D eigenvalue weighted by Crippen LogP contribution is 2.43. The number of hydrogen-bond donors (Lipinski definition) is 0. The minimum atomic E-state index is -0.822. The van der Waals surface area contributed by atoms with Crippen LogP contribution < -0.4 is 4.74 Å². The molecule has 114 valence electrons. The van der Waals surface area contributed by atoms with E-state index in [9.17, 15) is 9.18 Å². The maximum absolute atomic E-state index is 13.0. The SMILES string of the molecule is O=C(N1CCCC1)C1(c2ccc(OCF)cc2)CCCC1. The lowest BCUT2D eigenvalue weighted by atomic mass is 9.77. The number of amides is 1. The second-order valence-corrected chi connectivity index (χ2v) is 6.07. The predicted molar refractivity (Wildman–Crippen MR) is 79.0 cm³/mol. The average molecular weight is 291 g/mol. The van der Waals surface area contributed by atoms with Gasteiger partial charge < -0.3 is 9.64 Å². The molecule has 1 amide bonds. The number of carbonyl (C=O) groups excluding carboxylic acids is 1. The van der Waals surface area contributed by atoms with Gasteiger partial charge in [0.25, 0.3) is 0 Å². The standard InChI is InChI=1S/C17H22FNO2/c18-13-21-15-7-5-14(6-8-15)17(9-1-2-10-17)16(20)19-11-3-4-12-19/h5-8H,1-4,9-13H2. The molecule has 1 saturated carbocycles. The molecule has 21 heavy (non-hydrogen) atoms. The van der Waals surface area contributed by atoms with Gasteiger partial charge in [0.15, 0.2) is 0 Å². The zero-order valence-electron chi connectivity index (χ0n) is 12.3. The third-order valence-corrected chi connectivity index (χ3v) is 4.89. The van der Waals surface area contributed by atoms with Crippen molar-refractivity contribution in [3.63, 3.8) is 0 Å². The van der Waals surface area contributed by atoms with Gasteiger partial charge in [0.2, 0.25) is 12.8 Å². The lowest BCUT2D eigenvalue weighted by molar-refractivity contribution is -0.136. The smallest absolute Gasteiger partial charge is 0.233 e. The Kier molecular flexibility index (Phi) is 4.13. The molecule has 0 aromatic heterocycles. The zero-order chi connectivity index (χ0) is 14.7. The van der Waals surface area contributed by atoms with Crippen LogP contribution in [0.15, 0.2) is 24.3 Å². The Balaban J connectivity index is 1.87. The van der Waals surface area contributed by atoms with E-state index in [0.29, 0.717) is 5.75 Å². The Bertz CT molecular complexity index is 488. The quantitative estimate of drug-likeness (QED) is 0.850. The zero-order valence-corrected chi connectivity index (χ0v) is 12.3. The normalized spacial score (nSPS) is 20.7. The molecule has 0 spiro atoms. The van der Waals surface area contributed by atoms with Crippen LogP contribution in [0.4, 0.5) is 4.39 Å². The van der Waals surface area contributed by atoms with Crippen molar-refractivity contribution in [2.45, 2.75) is 43.9 Å². The van der Waals surface area contributed by atoms with E-state index < -0.39 is 6.86 Å². The summed E-state index contributed by atoms with van der Waals surface area (Å²) in [5.41, 5.74) is 0.696. The molecule has 0 atom stereocenters. The highest BCUT2D eigenvalue weighted by molar-refractivity contribution is 5.89. The Morgan fingerprint density at radius 3 is 2.29 bits per heavy atom. The molecule has 0 bridgehead atoms. The maximum Gasteiger partial charge on any atom is 0.233 e. The molecular weight excluding hydrogens is 269 g/mol. The average Bonchev–Trinajstić information content (AvgIpc) is 3.20. The molecular formula is C17H22FNO2. The number of ether oxygens (including phenoxy) is 1. The number of halogens is 1. The molecule has 3 rings (SSSR count). The van der Waals surface area contributed by atoms with E-state index in [4.69, 9.17) is 4.74 Å². The van der Waals surface area contributed by atoms with Crippen LogP contribution >= 0.6 is 0 Å². The Morgan fingerprint density at radius 2 is 1.71 bits per heavy atom. The first kappa shape index (κ1) is 14.4. The molecule has 1 aliphatic heterocycles. The number of likely N-dealkylation sites (tertiary alicyclic amines) is 1. The lowest BCUT2D eigenvalue weighted by Gasteiger charge is -2.33. The van der Waals surface area contributed by atoms with Gasteiger partial charge in [-0.25, -0.2) is 4.39 Å². The molecule has 1 heterocycles. The van der Waals surface area contributed by atoms with Crippen LogP contribution in [0, 0.1) is 0 Å². The van der Waals surface area contributed by atoms with Crippen LogP contribution in [0.25, 0.3) is 0 Å². The second-order valence-electron chi connectivity index (χ2n) is 6.07. The highest BCUT2D eigenvalue weighted by Gasteiger charge is 2.45. The number of rotatable bonds is 4. The predicted octanol–water partition coefficient (Wildman–Crippen LogP) is 3.43. The summed E-state index contributed by atoms with van der Waals surface area (Å²) < 4.78 is 17.1. The summed E-state index contributed by atoms with van der Waals surface area (Å²) in [6.07, 6.45) is 6.28. The topological polar surface area (TPSA) is 29.5 Å². The van der Waals surface area contributed by atoms with Gasteiger partial charge in [0, 0.05) is 13.1 Å². The lowest BCUT2D eigenvalue weighted by Crippen LogP contribution is -2.44. The number of carbonyl (C=O) groups is 1. The Labute approximate surface area is 125 Å². The largest absolute Gasteiger partial charge is 0.463 e. The van der Waals surface area contributed by atoms with Crippen molar-refractivity contribution in [1.82, 2.24) is 4.90 Å². The summed E-state index contributed by atoms with van der Waals surface area (Å²) >= 11 is 0. The summed E-state index contributed by atoms with van der Waals surface area (Å²) in [5, 5.41) is 0. The van der Waals surface area contributed by atoms with Crippen LogP contribution in [0.1, 0.15) is 44.1 Å². The van der Waals surface area contributed by atoms with Crippen molar-refractivity contribution in [1.29, 1.82) is 0 Å². The summed E-state index contributed by atoms with van der Waals surface area (Å²) in [6.45, 7) is 0.963. The van der Waals surface area contributed by atoms with Gasteiger partial charge in [0.1, 0.15) is 5.75 Å². The van der Waals surface area contributed by atoms with Gasteiger partial charge in [-0.1, -0.05) is 25.0 Å². The van der Waals surface area contributed by atoms with Gasteiger partial charge in [-0.3, -0.25) is 4.79 Å². The highest BCUT2D eigenvalue weighted by atomic mass is 19.1. The molecule has 1 aliphatic carbocycles. The fourth-order valence-corrected chi connectivity index (χ4v) is 3.76. The van der Waals surface area contributed by atoms with Gasteiger partial charge in [-0.15, -0.1) is 0 Å². The van der Waals surface area contributed by atoms with Gasteiger partial charge in [-0.2, -0.15) is 0 Å². The first-order valence-electron chi connectivity index (χ1n) is 7.85. The fourth-order valence-electron chi connectivity index (χ4n) is 3.76. The summed E-state index contributed by atoms with van der Waals surface area (Å²) in [7, 11) is 0. The molecule has 1 saturated heterocycles. The number of hydrogen-bond acceptors (Lipinski definition) is 2. The van der Waals surface area contributed by atoms with Crippen molar-refractivity contribution in [3.05, 3.63) is 29.8 Å². The fraction of sp³-hybridized carbons (Fsp3) is 0.588. The van der Waals surface area contributed by atoms with E-state index in [-0.39, 0.29) is 11.3 Å². The van der Waals surface area contributed by atoms with Crippen molar-refractivity contribution < 1.29 is 13.9 Å². The first-order chi connectivity index (χ1) is 10.3. The van der Waals surface area contributed by atoms with Gasteiger partial charge in [-0.05, 0) is 43.4 Å². The summed E-state index contributed by atoms with van der Waals surface area (Å²) in [5.74, 6) is 0.805.